The number of benzene rings is 2. The van der Waals surface area contributed by atoms with E-state index in [1.54, 1.807) is 35.2 Å². The number of carbonyl (C=O) groups is 3. The van der Waals surface area contributed by atoms with E-state index in [0.717, 1.165) is 34.2 Å². The summed E-state index contributed by atoms with van der Waals surface area (Å²) in [5.41, 5.74) is 1.74. The first kappa shape index (κ1) is 20.7. The lowest BCUT2D eigenvalue weighted by atomic mass is 9.90. The van der Waals surface area contributed by atoms with Crippen molar-refractivity contribution >= 4 is 33.7 Å². The van der Waals surface area contributed by atoms with Gasteiger partial charge in [-0.3, -0.25) is 19.3 Å². The number of amides is 3. The van der Waals surface area contributed by atoms with E-state index in [2.05, 4.69) is 15.9 Å². The monoisotopic (exact) mass is 472 g/mol. The van der Waals surface area contributed by atoms with Crippen molar-refractivity contribution in [2.45, 2.75) is 25.7 Å². The Kier molecular flexibility index (Phi) is 5.99. The van der Waals surface area contributed by atoms with Gasteiger partial charge in [0.15, 0.2) is 0 Å². The lowest BCUT2D eigenvalue weighted by Gasteiger charge is -2.32. The molecule has 0 aliphatic carbocycles. The number of rotatable bonds is 5. The topological polar surface area (TPSA) is 57.7 Å². The van der Waals surface area contributed by atoms with Gasteiger partial charge in [-0.15, -0.1) is 0 Å². The Morgan fingerprint density at radius 1 is 1.03 bits per heavy atom. The van der Waals surface area contributed by atoms with Crippen molar-refractivity contribution in [3.05, 3.63) is 69.4 Å². The predicted molar refractivity (Wildman–Crippen MR) is 114 cm³/mol. The molecule has 156 valence electrons. The zero-order valence-corrected chi connectivity index (χ0v) is 18.0. The van der Waals surface area contributed by atoms with Gasteiger partial charge in [0.25, 0.3) is 11.8 Å². The number of hydrogen-bond donors (Lipinski definition) is 0. The lowest BCUT2D eigenvalue weighted by Crippen LogP contribution is -2.41. The van der Waals surface area contributed by atoms with Gasteiger partial charge in [-0.2, -0.15) is 0 Å². The van der Waals surface area contributed by atoms with Crippen LogP contribution in [0.1, 0.15) is 45.5 Å². The maximum absolute atomic E-state index is 13.4. The largest absolute Gasteiger partial charge is 0.343 e. The minimum Gasteiger partial charge on any atom is -0.343 e. The van der Waals surface area contributed by atoms with Crippen LogP contribution >= 0.6 is 15.9 Å². The Morgan fingerprint density at radius 2 is 1.77 bits per heavy atom. The maximum Gasteiger partial charge on any atom is 0.261 e. The van der Waals surface area contributed by atoms with Crippen molar-refractivity contribution in [1.29, 1.82) is 0 Å². The van der Waals surface area contributed by atoms with Gasteiger partial charge >= 0.3 is 0 Å². The number of halogens is 2. The van der Waals surface area contributed by atoms with Gasteiger partial charge < -0.3 is 4.90 Å². The molecule has 30 heavy (non-hydrogen) atoms. The van der Waals surface area contributed by atoms with Gasteiger partial charge in [0.2, 0.25) is 5.91 Å². The highest BCUT2D eigenvalue weighted by Crippen LogP contribution is 2.27. The van der Waals surface area contributed by atoms with Crippen LogP contribution in [0.5, 0.6) is 0 Å². The number of imide groups is 1. The molecule has 0 unspecified atom stereocenters. The Morgan fingerprint density at radius 3 is 2.50 bits per heavy atom. The van der Waals surface area contributed by atoms with Crippen molar-refractivity contribution in [2.24, 2.45) is 5.92 Å². The molecule has 0 N–H and O–H groups in total. The van der Waals surface area contributed by atoms with Gasteiger partial charge in [0.05, 0.1) is 11.1 Å². The summed E-state index contributed by atoms with van der Waals surface area (Å²) < 4.78 is 14.1. The van der Waals surface area contributed by atoms with Crippen LogP contribution in [0.25, 0.3) is 0 Å². The molecule has 0 atom stereocenters. The summed E-state index contributed by atoms with van der Waals surface area (Å²) in [6, 6.07) is 11.7. The van der Waals surface area contributed by atoms with Gasteiger partial charge in [-0.05, 0) is 61.1 Å². The van der Waals surface area contributed by atoms with Gasteiger partial charge in [-0.25, -0.2) is 4.39 Å². The molecule has 0 aromatic heterocycles. The van der Waals surface area contributed by atoms with Crippen molar-refractivity contribution < 1.29 is 18.8 Å². The van der Waals surface area contributed by atoms with Crippen LogP contribution in [0.15, 0.2) is 46.9 Å². The van der Waals surface area contributed by atoms with E-state index in [1.807, 2.05) is 6.07 Å². The molecule has 4 rings (SSSR count). The highest BCUT2D eigenvalue weighted by molar-refractivity contribution is 9.10. The molecule has 5 nitrogen and oxygen atoms in total. The van der Waals surface area contributed by atoms with E-state index in [4.69, 9.17) is 0 Å². The van der Waals surface area contributed by atoms with Crippen molar-refractivity contribution in [1.82, 2.24) is 9.80 Å². The Bertz CT molecular complexity index is 1000. The first-order valence-corrected chi connectivity index (χ1v) is 10.9. The molecule has 2 heterocycles. The quantitative estimate of drug-likeness (QED) is 0.616. The van der Waals surface area contributed by atoms with Gasteiger partial charge in [0, 0.05) is 30.5 Å². The summed E-state index contributed by atoms with van der Waals surface area (Å²) in [5.74, 6) is -0.537. The molecule has 0 radical (unpaired) electrons. The molecule has 2 aliphatic rings. The average Bonchev–Trinajstić information content (AvgIpc) is 2.96. The normalized spacial score (nSPS) is 16.9. The molecule has 1 saturated heterocycles. The fourth-order valence-corrected chi connectivity index (χ4v) is 4.58. The highest BCUT2D eigenvalue weighted by Gasteiger charge is 2.36. The van der Waals surface area contributed by atoms with Gasteiger partial charge in [0.1, 0.15) is 5.82 Å². The summed E-state index contributed by atoms with van der Waals surface area (Å²) in [5, 5.41) is 0. The molecule has 3 amide bonds. The van der Waals surface area contributed by atoms with E-state index in [9.17, 15) is 18.8 Å². The number of hydrogen-bond acceptors (Lipinski definition) is 3. The van der Waals surface area contributed by atoms with Crippen LogP contribution in [-0.2, 0) is 11.2 Å². The molecule has 2 aliphatic heterocycles. The number of nitrogens with zero attached hydrogens (tertiary/aromatic N) is 2. The maximum atomic E-state index is 13.4. The summed E-state index contributed by atoms with van der Waals surface area (Å²) in [4.78, 5) is 40.6. The van der Waals surface area contributed by atoms with Crippen LogP contribution < -0.4 is 0 Å². The minimum absolute atomic E-state index is 0.0445. The third-order valence-corrected chi connectivity index (χ3v) is 6.36. The highest BCUT2D eigenvalue weighted by atomic mass is 79.9. The molecule has 2 aromatic rings. The van der Waals surface area contributed by atoms with E-state index in [1.165, 1.54) is 6.07 Å². The summed E-state index contributed by atoms with van der Waals surface area (Å²) in [6.45, 7) is 1.38. The van der Waals surface area contributed by atoms with Crippen LogP contribution in [0.4, 0.5) is 4.39 Å². The lowest BCUT2D eigenvalue weighted by molar-refractivity contribution is -0.132. The van der Waals surface area contributed by atoms with E-state index < -0.39 is 0 Å². The Hall–Kier alpha value is -2.54. The first-order valence-electron chi connectivity index (χ1n) is 10.1. The number of carbonyl (C=O) groups excluding carboxylic acids is 3. The second-order valence-corrected chi connectivity index (χ2v) is 8.78. The molecule has 2 aromatic carbocycles. The van der Waals surface area contributed by atoms with Crippen LogP contribution in [-0.4, -0.2) is 47.2 Å². The van der Waals surface area contributed by atoms with Gasteiger partial charge in [-0.1, -0.05) is 28.1 Å². The summed E-state index contributed by atoms with van der Waals surface area (Å²) >= 11 is 3.31. The number of piperidine rings is 1. The number of likely N-dealkylation sites (tertiary alicyclic amines) is 1. The smallest absolute Gasteiger partial charge is 0.261 e. The first-order chi connectivity index (χ1) is 14.4. The summed E-state index contributed by atoms with van der Waals surface area (Å²) in [7, 11) is 0. The molecule has 0 saturated carbocycles. The predicted octanol–water partition coefficient (Wildman–Crippen LogP) is 4.06. The Labute approximate surface area is 183 Å². The van der Waals surface area contributed by atoms with E-state index >= 15 is 0 Å². The fourth-order valence-electron chi connectivity index (χ4n) is 4.22. The van der Waals surface area contributed by atoms with Crippen molar-refractivity contribution in [3.63, 3.8) is 0 Å². The molecule has 7 heteroatoms. The third-order valence-electron chi connectivity index (χ3n) is 5.86. The molecule has 0 spiro atoms. The minimum atomic E-state index is -0.349. The van der Waals surface area contributed by atoms with Crippen LogP contribution in [0, 0.1) is 11.7 Å². The van der Waals surface area contributed by atoms with Crippen molar-refractivity contribution in [3.8, 4) is 0 Å². The second-order valence-electron chi connectivity index (χ2n) is 7.86. The standard InChI is InChI=1S/C23H22BrFN2O3/c24-17-4-5-19-20(14-17)23(30)27(22(19)29)11-8-21(28)26-9-6-15(7-10-26)12-16-2-1-3-18(25)13-16/h1-5,13-15H,6-12H2. The summed E-state index contributed by atoms with van der Waals surface area (Å²) in [6.07, 6.45) is 2.66. The molecule has 0 bridgehead atoms. The van der Waals surface area contributed by atoms with Crippen LogP contribution in [0.3, 0.4) is 0 Å². The zero-order valence-electron chi connectivity index (χ0n) is 16.4. The second kappa shape index (κ2) is 8.68. The van der Waals surface area contributed by atoms with Crippen LogP contribution in [0.2, 0.25) is 0 Å². The molecular formula is C23H22BrFN2O3. The average molecular weight is 473 g/mol. The van der Waals surface area contributed by atoms with E-state index in [0.29, 0.717) is 30.1 Å². The SMILES string of the molecule is O=C(CCN1C(=O)c2ccc(Br)cc2C1=O)N1CCC(Cc2cccc(F)c2)CC1. The van der Waals surface area contributed by atoms with E-state index in [-0.39, 0.29) is 36.5 Å². The molecule has 1 fully saturated rings. The zero-order chi connectivity index (χ0) is 21.3. The van der Waals surface area contributed by atoms with Crippen molar-refractivity contribution in [2.75, 3.05) is 19.6 Å². The molecular weight excluding hydrogens is 451 g/mol. The Balaban J connectivity index is 1.27. The number of fused-ring (bicyclic) bond motifs is 1. The third kappa shape index (κ3) is 4.31. The fraction of sp³-hybridized carbons (Fsp3) is 0.348.